The Labute approximate surface area is 152 Å². The van der Waals surface area contributed by atoms with Gasteiger partial charge in [0.25, 0.3) is 0 Å². The third kappa shape index (κ3) is 5.25. The van der Waals surface area contributed by atoms with Crippen molar-refractivity contribution in [3.8, 4) is 0 Å². The van der Waals surface area contributed by atoms with Gasteiger partial charge in [-0.05, 0) is 30.0 Å². The Morgan fingerprint density at radius 1 is 1.25 bits per heavy atom. The lowest BCUT2D eigenvalue weighted by atomic mass is 9.87. The number of urea groups is 1. The van der Waals surface area contributed by atoms with Gasteiger partial charge in [-0.1, -0.05) is 61.0 Å². The van der Waals surface area contributed by atoms with Crippen LogP contribution in [0.2, 0.25) is 10.0 Å². The van der Waals surface area contributed by atoms with Crippen LogP contribution in [0.5, 0.6) is 0 Å². The monoisotopic (exact) mass is 368 g/mol. The smallest absolute Gasteiger partial charge is 0.321 e. The quantitative estimate of drug-likeness (QED) is 0.716. The normalized spacial score (nSPS) is 15.8. The van der Waals surface area contributed by atoms with Crippen LogP contribution in [0.1, 0.15) is 43.6 Å². The predicted molar refractivity (Wildman–Crippen MR) is 97.5 cm³/mol. The van der Waals surface area contributed by atoms with E-state index in [2.05, 4.69) is 17.2 Å². The van der Waals surface area contributed by atoms with Gasteiger partial charge in [-0.3, -0.25) is 10.1 Å². The van der Waals surface area contributed by atoms with Gasteiger partial charge in [0.05, 0.1) is 16.0 Å². The molecule has 1 saturated carbocycles. The summed E-state index contributed by atoms with van der Waals surface area (Å²) in [6.45, 7) is 3.83. The first kappa shape index (κ1) is 18.8. The van der Waals surface area contributed by atoms with Crippen molar-refractivity contribution in [1.29, 1.82) is 0 Å². The number of hydrogen-bond donors (Lipinski definition) is 2. The highest BCUT2D eigenvalue weighted by Gasteiger charge is 2.28. The summed E-state index contributed by atoms with van der Waals surface area (Å²) in [6, 6.07) is 4.68. The van der Waals surface area contributed by atoms with Crippen LogP contribution in [0.25, 0.3) is 0 Å². The number of hydrogen-bond acceptors (Lipinski definition) is 2. The van der Waals surface area contributed by atoms with E-state index in [4.69, 9.17) is 23.2 Å². The van der Waals surface area contributed by atoms with Crippen LogP contribution in [0.15, 0.2) is 30.9 Å². The molecule has 2 rings (SSSR count). The maximum atomic E-state index is 12.6. The molecule has 0 saturated heterocycles. The molecule has 0 radical (unpaired) electrons. The first-order valence-corrected chi connectivity index (χ1v) is 8.91. The van der Waals surface area contributed by atoms with Crippen molar-refractivity contribution >= 4 is 35.1 Å². The fourth-order valence-corrected chi connectivity index (χ4v) is 3.42. The summed E-state index contributed by atoms with van der Waals surface area (Å²) in [7, 11) is 0. The van der Waals surface area contributed by atoms with Crippen molar-refractivity contribution in [2.45, 2.75) is 38.0 Å². The molecule has 1 aliphatic rings. The molecule has 1 unspecified atom stereocenters. The van der Waals surface area contributed by atoms with Crippen LogP contribution < -0.4 is 10.6 Å². The van der Waals surface area contributed by atoms with Crippen molar-refractivity contribution < 1.29 is 9.59 Å². The average molecular weight is 369 g/mol. The topological polar surface area (TPSA) is 58.2 Å². The first-order chi connectivity index (χ1) is 11.5. The Balaban J connectivity index is 2.14. The molecular weight excluding hydrogens is 347 g/mol. The third-order valence-corrected chi connectivity index (χ3v) is 5.09. The Morgan fingerprint density at radius 3 is 2.58 bits per heavy atom. The molecule has 0 heterocycles. The van der Waals surface area contributed by atoms with Crippen LogP contribution in [-0.4, -0.2) is 18.5 Å². The van der Waals surface area contributed by atoms with Crippen molar-refractivity contribution in [3.63, 3.8) is 0 Å². The predicted octanol–water partition coefficient (Wildman–Crippen LogP) is 4.67. The van der Waals surface area contributed by atoms with E-state index in [1.807, 2.05) is 0 Å². The molecule has 1 aromatic rings. The second-order valence-electron chi connectivity index (χ2n) is 6.10. The van der Waals surface area contributed by atoms with Crippen molar-refractivity contribution in [2.75, 3.05) is 6.54 Å². The van der Waals surface area contributed by atoms with Gasteiger partial charge < -0.3 is 5.32 Å². The highest BCUT2D eigenvalue weighted by molar-refractivity contribution is 6.42. The molecule has 0 aliphatic heterocycles. The molecule has 130 valence electrons. The molecule has 6 heteroatoms. The van der Waals surface area contributed by atoms with Gasteiger partial charge in [0.1, 0.15) is 0 Å². The van der Waals surface area contributed by atoms with E-state index < -0.39 is 11.9 Å². The Hall–Kier alpha value is -1.52. The van der Waals surface area contributed by atoms with Crippen LogP contribution in [-0.2, 0) is 4.79 Å². The van der Waals surface area contributed by atoms with Gasteiger partial charge in [0.2, 0.25) is 5.91 Å². The SMILES string of the molecule is C=CCNC(=O)NC(=O)C(CC1CCCC1)c1ccc(Cl)c(Cl)c1. The molecule has 0 aromatic heterocycles. The van der Waals surface area contributed by atoms with Crippen LogP contribution >= 0.6 is 23.2 Å². The Kier molecular flexibility index (Phi) is 7.13. The molecule has 1 aromatic carbocycles. The van der Waals surface area contributed by atoms with Crippen LogP contribution in [0.3, 0.4) is 0 Å². The molecule has 24 heavy (non-hydrogen) atoms. The molecule has 3 amide bonds. The van der Waals surface area contributed by atoms with E-state index >= 15 is 0 Å². The van der Waals surface area contributed by atoms with Gasteiger partial charge >= 0.3 is 6.03 Å². The molecular formula is C18H22Cl2N2O2. The zero-order valence-electron chi connectivity index (χ0n) is 13.5. The number of imide groups is 1. The lowest BCUT2D eigenvalue weighted by molar-refractivity contribution is -0.121. The second-order valence-corrected chi connectivity index (χ2v) is 6.91. The first-order valence-electron chi connectivity index (χ1n) is 8.15. The van der Waals surface area contributed by atoms with E-state index in [9.17, 15) is 9.59 Å². The minimum absolute atomic E-state index is 0.305. The van der Waals surface area contributed by atoms with Crippen molar-refractivity contribution in [2.24, 2.45) is 5.92 Å². The molecule has 2 N–H and O–H groups in total. The molecule has 4 nitrogen and oxygen atoms in total. The summed E-state index contributed by atoms with van der Waals surface area (Å²) in [5.41, 5.74) is 0.783. The maximum Gasteiger partial charge on any atom is 0.321 e. The lowest BCUT2D eigenvalue weighted by Gasteiger charge is -2.20. The van der Waals surface area contributed by atoms with E-state index in [-0.39, 0.29) is 5.91 Å². The third-order valence-electron chi connectivity index (χ3n) is 4.35. The molecule has 1 aliphatic carbocycles. The molecule has 1 fully saturated rings. The summed E-state index contributed by atoms with van der Waals surface area (Å²) in [5.74, 6) is -0.245. The summed E-state index contributed by atoms with van der Waals surface area (Å²) in [6.07, 6.45) is 6.89. The summed E-state index contributed by atoms with van der Waals surface area (Å²) in [4.78, 5) is 24.4. The Morgan fingerprint density at radius 2 is 1.96 bits per heavy atom. The molecule has 1 atom stereocenters. The highest BCUT2D eigenvalue weighted by atomic mass is 35.5. The van der Waals surface area contributed by atoms with Crippen molar-refractivity contribution in [1.82, 2.24) is 10.6 Å². The number of amides is 3. The maximum absolute atomic E-state index is 12.6. The lowest BCUT2D eigenvalue weighted by Crippen LogP contribution is -2.42. The zero-order chi connectivity index (χ0) is 17.5. The highest BCUT2D eigenvalue weighted by Crippen LogP contribution is 2.36. The van der Waals surface area contributed by atoms with Gasteiger partial charge in [0.15, 0.2) is 0 Å². The standard InChI is InChI=1S/C18H22Cl2N2O2/c1-2-9-21-18(24)22-17(23)14(10-12-5-3-4-6-12)13-7-8-15(19)16(20)11-13/h2,7-8,11-12,14H,1,3-6,9-10H2,(H2,21,22,23,24). The van der Waals surface area contributed by atoms with Crippen LogP contribution in [0, 0.1) is 5.92 Å². The number of rotatable bonds is 6. The number of nitrogens with one attached hydrogen (secondary N) is 2. The minimum atomic E-state index is -0.517. The van der Waals surface area contributed by atoms with E-state index in [1.165, 1.54) is 12.8 Å². The van der Waals surface area contributed by atoms with Gasteiger partial charge in [-0.2, -0.15) is 0 Å². The zero-order valence-corrected chi connectivity index (χ0v) is 15.0. The van der Waals surface area contributed by atoms with Crippen molar-refractivity contribution in [3.05, 3.63) is 46.5 Å². The number of carbonyl (C=O) groups is 2. The molecule has 0 bridgehead atoms. The fraction of sp³-hybridized carbons (Fsp3) is 0.444. The van der Waals surface area contributed by atoms with Gasteiger partial charge in [-0.15, -0.1) is 6.58 Å². The van der Waals surface area contributed by atoms with Gasteiger partial charge in [-0.25, -0.2) is 4.79 Å². The summed E-state index contributed by atoms with van der Waals surface area (Å²) < 4.78 is 0. The fourth-order valence-electron chi connectivity index (χ4n) is 3.11. The van der Waals surface area contributed by atoms with Gasteiger partial charge in [0, 0.05) is 6.54 Å². The number of benzene rings is 1. The molecule has 0 spiro atoms. The Bertz CT molecular complexity index is 613. The largest absolute Gasteiger partial charge is 0.334 e. The minimum Gasteiger partial charge on any atom is -0.334 e. The summed E-state index contributed by atoms with van der Waals surface area (Å²) in [5, 5.41) is 5.82. The number of carbonyl (C=O) groups excluding carboxylic acids is 2. The second kappa shape index (κ2) is 9.09. The van der Waals surface area contributed by atoms with E-state index in [1.54, 1.807) is 24.3 Å². The van der Waals surface area contributed by atoms with E-state index in [0.29, 0.717) is 28.9 Å². The van der Waals surface area contributed by atoms with E-state index in [0.717, 1.165) is 18.4 Å². The number of halogens is 2. The van der Waals surface area contributed by atoms with Crippen LogP contribution in [0.4, 0.5) is 4.79 Å². The average Bonchev–Trinajstić information content (AvgIpc) is 3.06. The summed E-state index contributed by atoms with van der Waals surface area (Å²) >= 11 is 12.1.